The molecule has 0 aliphatic heterocycles. The van der Waals surface area contributed by atoms with Crippen molar-refractivity contribution in [3.63, 3.8) is 0 Å². The molecule has 7 nitrogen and oxygen atoms in total. The lowest BCUT2D eigenvalue weighted by Crippen LogP contribution is -2.13. The number of pyridine rings is 1. The standard InChI is InChI=1S/C32H32N4O3/c1-6-7-25(17-29(37)38)23-10-14-27(15-11-23)39-19-22-16-28(31-34-30(21(2)3)35-36(31)18-22)24-8-12-26(13-9-24)32(4,5)20-33/h8-16,18,21,25H,17,19H2,1-5H3,(H,37,38)/t25-/m0/s1. The van der Waals surface area contributed by atoms with Crippen molar-refractivity contribution in [1.29, 1.82) is 5.26 Å². The van der Waals surface area contributed by atoms with E-state index in [9.17, 15) is 15.2 Å². The van der Waals surface area contributed by atoms with Crippen molar-refractivity contribution in [2.24, 2.45) is 0 Å². The van der Waals surface area contributed by atoms with Gasteiger partial charge in [0.15, 0.2) is 11.5 Å². The first-order valence-electron chi connectivity index (χ1n) is 12.9. The summed E-state index contributed by atoms with van der Waals surface area (Å²) in [7, 11) is 0. The maximum absolute atomic E-state index is 11.2. The molecule has 7 heteroatoms. The zero-order valence-electron chi connectivity index (χ0n) is 22.9. The summed E-state index contributed by atoms with van der Waals surface area (Å²) in [5.41, 5.74) is 4.82. The number of ether oxygens (including phenoxy) is 1. The number of nitrogens with zero attached hydrogens (tertiary/aromatic N) is 4. The Hall–Kier alpha value is -4.62. The Morgan fingerprint density at radius 1 is 1.13 bits per heavy atom. The monoisotopic (exact) mass is 520 g/mol. The van der Waals surface area contributed by atoms with Crippen molar-refractivity contribution in [2.45, 2.75) is 64.9 Å². The summed E-state index contributed by atoms with van der Waals surface area (Å²) in [5.74, 6) is 6.15. The Morgan fingerprint density at radius 3 is 2.41 bits per heavy atom. The highest BCUT2D eigenvalue weighted by molar-refractivity contribution is 5.78. The lowest BCUT2D eigenvalue weighted by molar-refractivity contribution is -0.137. The largest absolute Gasteiger partial charge is 0.489 e. The predicted molar refractivity (Wildman–Crippen MR) is 150 cm³/mol. The fourth-order valence-corrected chi connectivity index (χ4v) is 4.29. The fraction of sp³-hybridized carbons (Fsp3) is 0.312. The summed E-state index contributed by atoms with van der Waals surface area (Å²) in [6.07, 6.45) is 1.88. The first-order chi connectivity index (χ1) is 18.6. The van der Waals surface area contributed by atoms with Gasteiger partial charge in [0.25, 0.3) is 0 Å². The van der Waals surface area contributed by atoms with E-state index in [4.69, 9.17) is 14.8 Å². The van der Waals surface area contributed by atoms with Crippen LogP contribution in [0, 0.1) is 23.2 Å². The zero-order chi connectivity index (χ0) is 28.2. The number of benzene rings is 2. The molecule has 0 unspecified atom stereocenters. The maximum Gasteiger partial charge on any atom is 0.304 e. The minimum atomic E-state index is -0.883. The van der Waals surface area contributed by atoms with Gasteiger partial charge in [0.2, 0.25) is 0 Å². The van der Waals surface area contributed by atoms with Crippen LogP contribution in [0.5, 0.6) is 5.75 Å². The maximum atomic E-state index is 11.2. The minimum absolute atomic E-state index is 0.0465. The van der Waals surface area contributed by atoms with Crippen molar-refractivity contribution in [3.05, 3.63) is 83.3 Å². The van der Waals surface area contributed by atoms with Gasteiger partial charge >= 0.3 is 5.97 Å². The van der Waals surface area contributed by atoms with Gasteiger partial charge in [-0.25, -0.2) is 9.50 Å². The molecule has 0 aliphatic rings. The summed E-state index contributed by atoms with van der Waals surface area (Å²) in [6.45, 7) is 9.95. The normalized spacial score (nSPS) is 12.0. The molecule has 0 spiro atoms. The molecular formula is C32H32N4O3. The van der Waals surface area contributed by atoms with Crippen LogP contribution in [0.2, 0.25) is 0 Å². The van der Waals surface area contributed by atoms with Gasteiger partial charge in [-0.15, -0.1) is 5.92 Å². The number of carbonyl (C=O) groups is 1. The summed E-state index contributed by atoms with van der Waals surface area (Å²) >= 11 is 0. The van der Waals surface area contributed by atoms with Gasteiger partial charge in [-0.1, -0.05) is 56.2 Å². The highest BCUT2D eigenvalue weighted by Gasteiger charge is 2.20. The Kier molecular flexibility index (Phi) is 8.02. The number of aliphatic carboxylic acids is 1. The lowest BCUT2D eigenvalue weighted by atomic mass is 9.85. The van der Waals surface area contributed by atoms with Crippen LogP contribution in [0.25, 0.3) is 16.8 Å². The SMILES string of the molecule is CC#C[C@@H](CC(=O)O)c1ccc(OCc2cc(-c3ccc(C(C)(C)C#N)cc3)c3nc(C(C)C)nn3c2)cc1. The van der Waals surface area contributed by atoms with E-state index < -0.39 is 11.4 Å². The second-order valence-corrected chi connectivity index (χ2v) is 10.4. The highest BCUT2D eigenvalue weighted by atomic mass is 16.5. The summed E-state index contributed by atoms with van der Waals surface area (Å²) in [6, 6.07) is 19.8. The Bertz CT molecular complexity index is 1580. The summed E-state index contributed by atoms with van der Waals surface area (Å²) in [4.78, 5) is 16.0. The van der Waals surface area contributed by atoms with Crippen LogP contribution in [-0.2, 0) is 16.8 Å². The molecule has 198 valence electrons. The number of fused-ring (bicyclic) bond motifs is 1. The van der Waals surface area contributed by atoms with E-state index in [1.165, 1.54) is 0 Å². The minimum Gasteiger partial charge on any atom is -0.489 e. The molecule has 1 N–H and O–H groups in total. The molecule has 0 saturated heterocycles. The molecule has 0 radical (unpaired) electrons. The third kappa shape index (κ3) is 6.27. The topological polar surface area (TPSA) is 101 Å². The molecule has 0 amide bonds. The van der Waals surface area contributed by atoms with Gasteiger partial charge in [-0.3, -0.25) is 4.79 Å². The van der Waals surface area contributed by atoms with Gasteiger partial charge in [-0.05, 0) is 55.7 Å². The van der Waals surface area contributed by atoms with Crippen LogP contribution < -0.4 is 4.74 Å². The van der Waals surface area contributed by atoms with Gasteiger partial charge in [0.05, 0.1) is 23.8 Å². The van der Waals surface area contributed by atoms with E-state index in [1.807, 2.05) is 68.6 Å². The summed E-state index contributed by atoms with van der Waals surface area (Å²) < 4.78 is 7.90. The molecule has 2 aromatic carbocycles. The van der Waals surface area contributed by atoms with Crippen LogP contribution in [0.1, 0.15) is 75.4 Å². The van der Waals surface area contributed by atoms with Crippen molar-refractivity contribution in [2.75, 3.05) is 0 Å². The first kappa shape index (κ1) is 27.4. The fourth-order valence-electron chi connectivity index (χ4n) is 4.29. The van der Waals surface area contributed by atoms with E-state index in [2.05, 4.69) is 37.8 Å². The Morgan fingerprint density at radius 2 is 1.82 bits per heavy atom. The van der Waals surface area contributed by atoms with Gasteiger partial charge in [0, 0.05) is 23.2 Å². The number of hydrogen-bond acceptors (Lipinski definition) is 5. The first-order valence-corrected chi connectivity index (χ1v) is 12.9. The van der Waals surface area contributed by atoms with Crippen molar-refractivity contribution < 1.29 is 14.6 Å². The quantitative estimate of drug-likeness (QED) is 0.254. The third-order valence-electron chi connectivity index (χ3n) is 6.61. The van der Waals surface area contributed by atoms with Crippen LogP contribution in [0.3, 0.4) is 0 Å². The van der Waals surface area contributed by atoms with Crippen LogP contribution >= 0.6 is 0 Å². The average molecular weight is 521 g/mol. The molecule has 4 aromatic rings. The second-order valence-electron chi connectivity index (χ2n) is 10.4. The lowest BCUT2D eigenvalue weighted by Gasteiger charge is -2.16. The number of carboxylic acid groups (broad SMARTS) is 1. The van der Waals surface area contributed by atoms with E-state index in [1.54, 1.807) is 11.4 Å². The third-order valence-corrected chi connectivity index (χ3v) is 6.61. The highest BCUT2D eigenvalue weighted by Crippen LogP contribution is 2.30. The van der Waals surface area contributed by atoms with E-state index in [0.29, 0.717) is 12.4 Å². The number of aromatic nitrogens is 3. The molecule has 0 aliphatic carbocycles. The second kappa shape index (κ2) is 11.4. The Labute approximate surface area is 229 Å². The molecule has 4 rings (SSSR count). The van der Waals surface area contributed by atoms with E-state index in [-0.39, 0.29) is 18.3 Å². The molecule has 39 heavy (non-hydrogen) atoms. The molecular weight excluding hydrogens is 488 g/mol. The molecule has 2 heterocycles. The number of nitriles is 1. The molecule has 0 fully saturated rings. The zero-order valence-corrected chi connectivity index (χ0v) is 22.9. The van der Waals surface area contributed by atoms with Gasteiger partial charge in [0.1, 0.15) is 12.4 Å². The molecule has 1 atom stereocenters. The van der Waals surface area contributed by atoms with Crippen LogP contribution in [0.15, 0.2) is 60.8 Å². The molecule has 0 bridgehead atoms. The van der Waals surface area contributed by atoms with Crippen molar-refractivity contribution in [3.8, 4) is 34.8 Å². The summed E-state index contributed by atoms with van der Waals surface area (Å²) in [5, 5.41) is 23.4. The van der Waals surface area contributed by atoms with Crippen molar-refractivity contribution in [1.82, 2.24) is 14.6 Å². The number of hydrogen-bond donors (Lipinski definition) is 1. The molecule has 2 aromatic heterocycles. The smallest absolute Gasteiger partial charge is 0.304 e. The van der Waals surface area contributed by atoms with Crippen LogP contribution in [0.4, 0.5) is 0 Å². The van der Waals surface area contributed by atoms with Crippen molar-refractivity contribution >= 4 is 11.6 Å². The average Bonchev–Trinajstić information content (AvgIpc) is 3.36. The van der Waals surface area contributed by atoms with Gasteiger partial charge < -0.3 is 9.84 Å². The van der Waals surface area contributed by atoms with E-state index in [0.717, 1.165) is 39.3 Å². The van der Waals surface area contributed by atoms with Crippen LogP contribution in [-0.4, -0.2) is 25.7 Å². The van der Waals surface area contributed by atoms with Gasteiger partial charge in [-0.2, -0.15) is 10.4 Å². The Balaban J connectivity index is 1.63. The predicted octanol–water partition coefficient (Wildman–Crippen LogP) is 6.48. The number of carboxylic acids is 1. The molecule has 0 saturated carbocycles. The van der Waals surface area contributed by atoms with E-state index >= 15 is 0 Å². The number of rotatable bonds is 9.